The zero-order chi connectivity index (χ0) is 14.4. The number of methoxy groups -OCH3 is 1. The predicted molar refractivity (Wildman–Crippen MR) is 79.6 cm³/mol. The Bertz CT molecular complexity index is 455. The van der Waals surface area contributed by atoms with E-state index in [4.69, 9.17) is 14.2 Å². The van der Waals surface area contributed by atoms with Gasteiger partial charge in [-0.25, -0.2) is 4.79 Å². The summed E-state index contributed by atoms with van der Waals surface area (Å²) in [5, 5.41) is 0.889. The van der Waals surface area contributed by atoms with E-state index in [0.717, 1.165) is 31.4 Å². The van der Waals surface area contributed by atoms with E-state index in [9.17, 15) is 4.79 Å². The van der Waals surface area contributed by atoms with E-state index in [1.54, 1.807) is 18.2 Å². The molecule has 1 aliphatic heterocycles. The second-order valence-corrected chi connectivity index (χ2v) is 5.61. The molecule has 1 aliphatic rings. The second-order valence-electron chi connectivity index (χ2n) is 5.05. The van der Waals surface area contributed by atoms with Crippen molar-refractivity contribution in [3.8, 4) is 5.75 Å². The van der Waals surface area contributed by atoms with Crippen molar-refractivity contribution in [2.75, 3.05) is 32.3 Å². The van der Waals surface area contributed by atoms with Gasteiger partial charge in [-0.2, -0.15) is 0 Å². The van der Waals surface area contributed by atoms with Crippen LogP contribution in [-0.2, 0) is 9.47 Å². The van der Waals surface area contributed by atoms with Crippen LogP contribution in [0.1, 0.15) is 23.2 Å². The lowest BCUT2D eigenvalue weighted by molar-refractivity contribution is 0.00353. The molecule has 0 N–H and O–H groups in total. The molecule has 1 aromatic rings. The molecule has 0 spiro atoms. The van der Waals surface area contributed by atoms with Crippen molar-refractivity contribution in [1.29, 1.82) is 0 Å². The molecule has 1 heterocycles. The van der Waals surface area contributed by atoms with Crippen molar-refractivity contribution in [1.82, 2.24) is 0 Å². The van der Waals surface area contributed by atoms with Gasteiger partial charge in [0.15, 0.2) is 0 Å². The Labute approximate surface area is 127 Å². The van der Waals surface area contributed by atoms with Crippen LogP contribution in [0.5, 0.6) is 5.75 Å². The van der Waals surface area contributed by atoms with Crippen LogP contribution in [0, 0.1) is 5.41 Å². The summed E-state index contributed by atoms with van der Waals surface area (Å²) in [5.41, 5.74) is 0.615. The van der Waals surface area contributed by atoms with E-state index in [1.807, 2.05) is 6.07 Å². The summed E-state index contributed by atoms with van der Waals surface area (Å²) in [7, 11) is 1.37. The van der Waals surface area contributed by atoms with Gasteiger partial charge in [0.05, 0.1) is 19.3 Å². The van der Waals surface area contributed by atoms with Crippen LogP contribution in [0.3, 0.4) is 0 Å². The quantitative estimate of drug-likeness (QED) is 0.609. The monoisotopic (exact) mass is 342 g/mol. The SMILES string of the molecule is COC(=O)c1cccc(OCC2(CBr)CCOCC2)c1. The molecular formula is C15H19BrO4. The minimum atomic E-state index is -0.350. The fourth-order valence-electron chi connectivity index (χ4n) is 2.19. The molecule has 5 heteroatoms. The van der Waals surface area contributed by atoms with Crippen LogP contribution in [0.15, 0.2) is 24.3 Å². The van der Waals surface area contributed by atoms with Crippen LogP contribution in [0.25, 0.3) is 0 Å². The number of alkyl halides is 1. The van der Waals surface area contributed by atoms with Crippen molar-refractivity contribution in [3.63, 3.8) is 0 Å². The van der Waals surface area contributed by atoms with Gasteiger partial charge in [-0.1, -0.05) is 22.0 Å². The summed E-state index contributed by atoms with van der Waals surface area (Å²) < 4.78 is 16.0. The number of carbonyl (C=O) groups excluding carboxylic acids is 1. The first kappa shape index (κ1) is 15.3. The summed E-state index contributed by atoms with van der Waals surface area (Å²) in [6.07, 6.45) is 1.96. The largest absolute Gasteiger partial charge is 0.493 e. The third-order valence-electron chi connectivity index (χ3n) is 3.64. The van der Waals surface area contributed by atoms with E-state index < -0.39 is 0 Å². The highest BCUT2D eigenvalue weighted by Gasteiger charge is 2.32. The van der Waals surface area contributed by atoms with Crippen molar-refractivity contribution in [2.24, 2.45) is 5.41 Å². The van der Waals surface area contributed by atoms with Crippen LogP contribution in [0.2, 0.25) is 0 Å². The molecule has 0 aliphatic carbocycles. The van der Waals surface area contributed by atoms with Crippen molar-refractivity contribution < 1.29 is 19.0 Å². The highest BCUT2D eigenvalue weighted by molar-refractivity contribution is 9.09. The number of hydrogen-bond donors (Lipinski definition) is 0. The molecule has 0 unspecified atom stereocenters. The van der Waals surface area contributed by atoms with E-state index in [2.05, 4.69) is 15.9 Å². The zero-order valence-corrected chi connectivity index (χ0v) is 13.1. The van der Waals surface area contributed by atoms with Crippen LogP contribution in [-0.4, -0.2) is 38.2 Å². The molecule has 0 amide bonds. The fourth-order valence-corrected chi connectivity index (χ4v) is 2.91. The maximum absolute atomic E-state index is 11.5. The van der Waals surface area contributed by atoms with Gasteiger partial charge in [0.1, 0.15) is 5.75 Å². The molecule has 0 atom stereocenters. The summed E-state index contributed by atoms with van der Waals surface area (Å²) >= 11 is 3.58. The number of hydrogen-bond acceptors (Lipinski definition) is 4. The predicted octanol–water partition coefficient (Wildman–Crippen LogP) is 3.04. The number of ether oxygens (including phenoxy) is 3. The zero-order valence-electron chi connectivity index (χ0n) is 11.6. The van der Waals surface area contributed by atoms with E-state index in [-0.39, 0.29) is 11.4 Å². The lowest BCUT2D eigenvalue weighted by atomic mass is 9.83. The van der Waals surface area contributed by atoms with Gasteiger partial charge in [-0.15, -0.1) is 0 Å². The number of rotatable bonds is 5. The average molecular weight is 343 g/mol. The maximum atomic E-state index is 11.5. The Morgan fingerprint density at radius 1 is 1.40 bits per heavy atom. The average Bonchev–Trinajstić information content (AvgIpc) is 2.53. The number of esters is 1. The number of carbonyl (C=O) groups is 1. The fraction of sp³-hybridized carbons (Fsp3) is 0.533. The Kier molecular flexibility index (Phi) is 5.43. The van der Waals surface area contributed by atoms with E-state index in [0.29, 0.717) is 17.9 Å². The summed E-state index contributed by atoms with van der Waals surface area (Å²) in [4.78, 5) is 11.5. The van der Waals surface area contributed by atoms with E-state index >= 15 is 0 Å². The van der Waals surface area contributed by atoms with Gasteiger partial charge >= 0.3 is 5.97 Å². The van der Waals surface area contributed by atoms with Crippen molar-refractivity contribution in [2.45, 2.75) is 12.8 Å². The van der Waals surface area contributed by atoms with Crippen LogP contribution >= 0.6 is 15.9 Å². The minimum absolute atomic E-state index is 0.111. The number of halogens is 1. The Morgan fingerprint density at radius 2 is 2.15 bits per heavy atom. The Balaban J connectivity index is 2.01. The van der Waals surface area contributed by atoms with Crippen molar-refractivity contribution in [3.05, 3.63) is 29.8 Å². The standard InChI is InChI=1S/C15H19BrO4/c1-18-14(17)12-3-2-4-13(9-12)20-11-15(10-16)5-7-19-8-6-15/h2-4,9H,5-8,10-11H2,1H3. The van der Waals surface area contributed by atoms with Gasteiger partial charge < -0.3 is 14.2 Å². The third kappa shape index (κ3) is 3.73. The van der Waals surface area contributed by atoms with Crippen molar-refractivity contribution >= 4 is 21.9 Å². The van der Waals surface area contributed by atoms with E-state index in [1.165, 1.54) is 7.11 Å². The first-order valence-corrected chi connectivity index (χ1v) is 7.76. The Morgan fingerprint density at radius 3 is 2.80 bits per heavy atom. The minimum Gasteiger partial charge on any atom is -0.493 e. The number of benzene rings is 1. The molecule has 1 saturated heterocycles. The summed E-state index contributed by atoms with van der Waals surface area (Å²) in [6, 6.07) is 7.08. The lowest BCUT2D eigenvalue weighted by Crippen LogP contribution is -2.36. The second kappa shape index (κ2) is 7.09. The summed E-state index contributed by atoms with van der Waals surface area (Å²) in [5.74, 6) is 0.344. The smallest absolute Gasteiger partial charge is 0.337 e. The molecule has 0 saturated carbocycles. The van der Waals surface area contributed by atoms with Gasteiger partial charge in [0.25, 0.3) is 0 Å². The molecule has 2 rings (SSSR count). The Hall–Kier alpha value is -1.07. The van der Waals surface area contributed by atoms with Crippen LogP contribution in [0.4, 0.5) is 0 Å². The molecule has 0 radical (unpaired) electrons. The molecule has 4 nitrogen and oxygen atoms in total. The van der Waals surface area contributed by atoms with Gasteiger partial charge in [-0.3, -0.25) is 0 Å². The molecule has 0 aromatic heterocycles. The van der Waals surface area contributed by atoms with Gasteiger partial charge in [-0.05, 0) is 31.0 Å². The first-order chi connectivity index (χ1) is 9.69. The molecule has 20 heavy (non-hydrogen) atoms. The molecule has 1 fully saturated rings. The summed E-state index contributed by atoms with van der Waals surface area (Å²) in [6.45, 7) is 2.17. The highest BCUT2D eigenvalue weighted by Crippen LogP contribution is 2.33. The van der Waals surface area contributed by atoms with Gasteiger partial charge in [0, 0.05) is 24.0 Å². The maximum Gasteiger partial charge on any atom is 0.337 e. The molecule has 0 bridgehead atoms. The normalized spacial score (nSPS) is 17.5. The molecule has 1 aromatic carbocycles. The van der Waals surface area contributed by atoms with Crippen LogP contribution < -0.4 is 4.74 Å². The lowest BCUT2D eigenvalue weighted by Gasteiger charge is -2.35. The third-order valence-corrected chi connectivity index (χ3v) is 4.83. The first-order valence-electron chi connectivity index (χ1n) is 6.64. The molecule has 110 valence electrons. The molecular weight excluding hydrogens is 324 g/mol. The highest BCUT2D eigenvalue weighted by atomic mass is 79.9. The van der Waals surface area contributed by atoms with Gasteiger partial charge in [0.2, 0.25) is 0 Å². The topological polar surface area (TPSA) is 44.8 Å².